The molecule has 35 heavy (non-hydrogen) atoms. The fourth-order valence-electron chi connectivity index (χ4n) is 4.31. The Labute approximate surface area is 202 Å². The zero-order valence-electron chi connectivity index (χ0n) is 19.6. The molecule has 0 unspecified atom stereocenters. The molecule has 2 N–H and O–H groups in total. The van der Waals surface area contributed by atoms with Crippen LogP contribution in [0.15, 0.2) is 66.9 Å². The summed E-state index contributed by atoms with van der Waals surface area (Å²) in [6.45, 7) is 0.0462. The molecule has 1 atom stereocenters. The molecule has 4 aromatic rings. The van der Waals surface area contributed by atoms with Crippen molar-refractivity contribution in [3.63, 3.8) is 0 Å². The SMILES string of the molecule is COc1ccc(OC)c(-c2c[nH]c3ccc(C(=O)N[C@H]4COc5ccccc5N(C)C4=O)cc23)c1. The number of methoxy groups -OCH3 is 2. The number of ether oxygens (including phenoxy) is 3. The number of hydrogen-bond acceptors (Lipinski definition) is 5. The van der Waals surface area contributed by atoms with Crippen molar-refractivity contribution in [2.45, 2.75) is 6.04 Å². The molecule has 2 amide bonds. The number of aromatic amines is 1. The molecule has 178 valence electrons. The maximum absolute atomic E-state index is 13.2. The van der Waals surface area contributed by atoms with Crippen LogP contribution in [0.4, 0.5) is 5.69 Å². The van der Waals surface area contributed by atoms with Gasteiger partial charge in [-0.05, 0) is 48.5 Å². The van der Waals surface area contributed by atoms with Crippen molar-refractivity contribution < 1.29 is 23.8 Å². The first-order valence-electron chi connectivity index (χ1n) is 11.1. The fourth-order valence-corrected chi connectivity index (χ4v) is 4.31. The fraction of sp³-hybridized carbons (Fsp3) is 0.185. The molecule has 1 aliphatic heterocycles. The Morgan fingerprint density at radius 3 is 2.69 bits per heavy atom. The maximum Gasteiger partial charge on any atom is 0.252 e. The number of carbonyl (C=O) groups excluding carboxylic acids is 2. The summed E-state index contributed by atoms with van der Waals surface area (Å²) in [7, 11) is 4.90. The molecule has 0 saturated heterocycles. The van der Waals surface area contributed by atoms with E-state index in [1.807, 2.05) is 48.7 Å². The summed E-state index contributed by atoms with van der Waals surface area (Å²) in [5.74, 6) is 1.38. The van der Waals surface area contributed by atoms with E-state index in [0.29, 0.717) is 28.5 Å². The van der Waals surface area contributed by atoms with E-state index < -0.39 is 6.04 Å². The van der Waals surface area contributed by atoms with Crippen LogP contribution >= 0.6 is 0 Å². The van der Waals surface area contributed by atoms with Gasteiger partial charge in [0, 0.05) is 40.8 Å². The van der Waals surface area contributed by atoms with Crippen LogP contribution in [0.1, 0.15) is 10.4 Å². The van der Waals surface area contributed by atoms with Gasteiger partial charge in [-0.1, -0.05) is 12.1 Å². The number of hydrogen-bond donors (Lipinski definition) is 2. The second kappa shape index (κ2) is 9.06. The van der Waals surface area contributed by atoms with Crippen LogP contribution in [0.25, 0.3) is 22.0 Å². The molecular weight excluding hydrogens is 446 g/mol. The summed E-state index contributed by atoms with van der Waals surface area (Å²) in [6, 6.07) is 17.4. The lowest BCUT2D eigenvalue weighted by Crippen LogP contribution is -2.49. The third-order valence-corrected chi connectivity index (χ3v) is 6.21. The summed E-state index contributed by atoms with van der Waals surface area (Å²) in [5.41, 5.74) is 3.67. The van der Waals surface area contributed by atoms with Crippen LogP contribution in [0.3, 0.4) is 0 Å². The van der Waals surface area contributed by atoms with Crippen molar-refractivity contribution >= 4 is 28.4 Å². The number of likely N-dealkylation sites (N-methyl/N-ethyl adjacent to an activating group) is 1. The van der Waals surface area contributed by atoms with E-state index in [1.54, 1.807) is 39.5 Å². The molecule has 0 saturated carbocycles. The van der Waals surface area contributed by atoms with E-state index >= 15 is 0 Å². The second-order valence-electron chi connectivity index (χ2n) is 8.23. The average Bonchev–Trinajstić information content (AvgIpc) is 3.28. The first kappa shape index (κ1) is 22.3. The van der Waals surface area contributed by atoms with Crippen LogP contribution < -0.4 is 24.4 Å². The lowest BCUT2D eigenvalue weighted by Gasteiger charge is -2.20. The monoisotopic (exact) mass is 471 g/mol. The molecule has 8 nitrogen and oxygen atoms in total. The Hall–Kier alpha value is -4.46. The number of nitrogens with zero attached hydrogens (tertiary/aromatic N) is 1. The number of anilines is 1. The predicted octanol–water partition coefficient (Wildman–Crippen LogP) is 4.01. The van der Waals surface area contributed by atoms with Crippen LogP contribution in [0, 0.1) is 0 Å². The van der Waals surface area contributed by atoms with E-state index in [1.165, 1.54) is 4.90 Å². The molecule has 3 aromatic carbocycles. The van der Waals surface area contributed by atoms with Crippen molar-refractivity contribution in [2.75, 3.05) is 32.8 Å². The minimum absolute atomic E-state index is 0.0462. The summed E-state index contributed by atoms with van der Waals surface area (Å²) in [6.07, 6.45) is 1.87. The Morgan fingerprint density at radius 2 is 1.89 bits per heavy atom. The zero-order chi connectivity index (χ0) is 24.5. The van der Waals surface area contributed by atoms with Gasteiger partial charge in [0.15, 0.2) is 0 Å². The topological polar surface area (TPSA) is 92.9 Å². The smallest absolute Gasteiger partial charge is 0.252 e. The van der Waals surface area contributed by atoms with E-state index in [4.69, 9.17) is 14.2 Å². The van der Waals surface area contributed by atoms with Crippen LogP contribution in [-0.2, 0) is 4.79 Å². The molecule has 0 aliphatic carbocycles. The number of nitrogens with one attached hydrogen (secondary N) is 2. The molecule has 1 aliphatic rings. The van der Waals surface area contributed by atoms with E-state index in [2.05, 4.69) is 10.3 Å². The minimum Gasteiger partial charge on any atom is -0.497 e. The number of rotatable bonds is 5. The predicted molar refractivity (Wildman–Crippen MR) is 133 cm³/mol. The molecular formula is C27H25N3O5. The molecule has 8 heteroatoms. The summed E-state index contributed by atoms with van der Waals surface area (Å²) >= 11 is 0. The molecule has 0 bridgehead atoms. The average molecular weight is 472 g/mol. The van der Waals surface area contributed by atoms with Gasteiger partial charge in [-0.2, -0.15) is 0 Å². The molecule has 0 fully saturated rings. The second-order valence-corrected chi connectivity index (χ2v) is 8.23. The van der Waals surface area contributed by atoms with Crippen molar-refractivity contribution in [1.29, 1.82) is 0 Å². The van der Waals surface area contributed by atoms with Crippen molar-refractivity contribution in [3.8, 4) is 28.4 Å². The highest BCUT2D eigenvalue weighted by Gasteiger charge is 2.30. The van der Waals surface area contributed by atoms with Crippen LogP contribution in [-0.4, -0.2) is 50.7 Å². The lowest BCUT2D eigenvalue weighted by atomic mass is 10.0. The summed E-state index contributed by atoms with van der Waals surface area (Å²) in [5, 5.41) is 3.68. The van der Waals surface area contributed by atoms with E-state index in [0.717, 1.165) is 22.0 Å². The largest absolute Gasteiger partial charge is 0.497 e. The van der Waals surface area contributed by atoms with Crippen LogP contribution in [0.2, 0.25) is 0 Å². The Morgan fingerprint density at radius 1 is 1.06 bits per heavy atom. The highest BCUT2D eigenvalue weighted by molar-refractivity contribution is 6.06. The third-order valence-electron chi connectivity index (χ3n) is 6.21. The number of H-pyrrole nitrogens is 1. The van der Waals surface area contributed by atoms with Gasteiger partial charge in [0.2, 0.25) is 0 Å². The van der Waals surface area contributed by atoms with Crippen molar-refractivity contribution in [3.05, 3.63) is 72.4 Å². The molecule has 5 rings (SSSR count). The maximum atomic E-state index is 13.2. The first-order valence-corrected chi connectivity index (χ1v) is 11.1. The van der Waals surface area contributed by atoms with Gasteiger partial charge in [-0.3, -0.25) is 9.59 Å². The van der Waals surface area contributed by atoms with Gasteiger partial charge in [0.25, 0.3) is 11.8 Å². The van der Waals surface area contributed by atoms with Crippen LogP contribution in [0.5, 0.6) is 17.2 Å². The zero-order valence-corrected chi connectivity index (χ0v) is 19.6. The van der Waals surface area contributed by atoms with E-state index in [-0.39, 0.29) is 18.4 Å². The molecule has 1 aromatic heterocycles. The Kier molecular flexibility index (Phi) is 5.78. The Bertz CT molecular complexity index is 1430. The highest BCUT2D eigenvalue weighted by atomic mass is 16.5. The molecule has 0 radical (unpaired) electrons. The van der Waals surface area contributed by atoms with Crippen molar-refractivity contribution in [1.82, 2.24) is 10.3 Å². The minimum atomic E-state index is -0.820. The summed E-state index contributed by atoms with van der Waals surface area (Å²) in [4.78, 5) is 31.0. The number of benzene rings is 3. The summed E-state index contributed by atoms with van der Waals surface area (Å²) < 4.78 is 16.7. The van der Waals surface area contributed by atoms with Gasteiger partial charge >= 0.3 is 0 Å². The number of fused-ring (bicyclic) bond motifs is 2. The third kappa shape index (κ3) is 4.03. The van der Waals surface area contributed by atoms with E-state index in [9.17, 15) is 9.59 Å². The molecule has 0 spiro atoms. The lowest BCUT2D eigenvalue weighted by molar-refractivity contribution is -0.120. The standard InChI is InChI=1S/C27H25N3O5/c1-30-23-6-4-5-7-25(23)35-15-22(27(30)32)29-26(31)16-8-10-21-18(12-16)20(14-28-21)19-13-17(33-2)9-11-24(19)34-3/h4-14,22,28H,15H2,1-3H3,(H,29,31)/t22-/m0/s1. The number of carbonyl (C=O) groups is 2. The normalized spacial score (nSPS) is 15.2. The number of para-hydroxylation sites is 2. The number of amides is 2. The van der Waals surface area contributed by atoms with Gasteiger partial charge in [0.1, 0.15) is 29.9 Å². The van der Waals surface area contributed by atoms with Gasteiger partial charge < -0.3 is 29.4 Å². The van der Waals surface area contributed by atoms with Crippen molar-refractivity contribution in [2.24, 2.45) is 0 Å². The van der Waals surface area contributed by atoms with Gasteiger partial charge in [-0.15, -0.1) is 0 Å². The first-order chi connectivity index (χ1) is 17.0. The van der Waals surface area contributed by atoms with Gasteiger partial charge in [-0.25, -0.2) is 0 Å². The number of aromatic nitrogens is 1. The Balaban J connectivity index is 1.44. The molecule has 2 heterocycles. The quantitative estimate of drug-likeness (QED) is 0.459. The van der Waals surface area contributed by atoms with Gasteiger partial charge in [0.05, 0.1) is 19.9 Å². The highest BCUT2D eigenvalue weighted by Crippen LogP contribution is 2.38.